The molecule has 13 heavy (non-hydrogen) atoms. The maximum Gasteiger partial charge on any atom is 0.247 e. The van der Waals surface area contributed by atoms with Gasteiger partial charge in [0, 0.05) is 17.7 Å². The molecule has 2 heteroatoms. The predicted octanol–water partition coefficient (Wildman–Crippen LogP) is 2.24. The maximum absolute atomic E-state index is 11.0. The van der Waals surface area contributed by atoms with Crippen LogP contribution >= 0.6 is 0 Å². The van der Waals surface area contributed by atoms with Gasteiger partial charge in [0.2, 0.25) is 5.91 Å². The fraction of sp³-hybridized carbons (Fsp3) is 0.545. The molecule has 0 aromatic carbocycles. The summed E-state index contributed by atoms with van der Waals surface area (Å²) in [7, 11) is 0. The van der Waals surface area contributed by atoms with Crippen molar-refractivity contribution >= 4 is 5.91 Å². The summed E-state index contributed by atoms with van der Waals surface area (Å²) in [6.07, 6.45) is 7.33. The van der Waals surface area contributed by atoms with Gasteiger partial charge in [0.25, 0.3) is 0 Å². The van der Waals surface area contributed by atoms with E-state index >= 15 is 0 Å². The lowest BCUT2D eigenvalue weighted by Crippen LogP contribution is -2.28. The van der Waals surface area contributed by atoms with E-state index < -0.39 is 0 Å². The van der Waals surface area contributed by atoms with Crippen molar-refractivity contribution in [3.8, 4) is 0 Å². The topological polar surface area (TPSA) is 29.1 Å². The SMILES string of the molecule is CC(C)(C)C1(C)C=CNC(=O)C=C1. The predicted molar refractivity (Wildman–Crippen MR) is 54.0 cm³/mol. The minimum Gasteiger partial charge on any atom is -0.329 e. The van der Waals surface area contributed by atoms with Crippen LogP contribution in [0.25, 0.3) is 0 Å². The van der Waals surface area contributed by atoms with Gasteiger partial charge >= 0.3 is 0 Å². The smallest absolute Gasteiger partial charge is 0.247 e. The van der Waals surface area contributed by atoms with Crippen molar-refractivity contribution in [1.82, 2.24) is 5.32 Å². The number of amides is 1. The Labute approximate surface area is 79.7 Å². The molecule has 0 radical (unpaired) electrons. The maximum atomic E-state index is 11.0. The van der Waals surface area contributed by atoms with Gasteiger partial charge in [-0.25, -0.2) is 0 Å². The third-order valence-corrected chi connectivity index (χ3v) is 2.85. The molecule has 0 spiro atoms. The normalized spacial score (nSPS) is 28.5. The van der Waals surface area contributed by atoms with Crippen LogP contribution in [0.15, 0.2) is 24.4 Å². The zero-order valence-electron chi connectivity index (χ0n) is 8.72. The first-order chi connectivity index (χ1) is 5.85. The minimum atomic E-state index is -0.0633. The molecule has 1 unspecified atom stereocenters. The molecule has 0 aromatic heterocycles. The molecule has 1 aliphatic heterocycles. The first-order valence-corrected chi connectivity index (χ1v) is 4.53. The monoisotopic (exact) mass is 179 g/mol. The highest BCUT2D eigenvalue weighted by molar-refractivity contribution is 5.88. The number of carbonyl (C=O) groups excluding carboxylic acids is 1. The third kappa shape index (κ3) is 2.00. The van der Waals surface area contributed by atoms with Crippen LogP contribution in [0.2, 0.25) is 0 Å². The Hall–Kier alpha value is -1.05. The molecule has 0 fully saturated rings. The second kappa shape index (κ2) is 3.02. The molecule has 0 aromatic rings. The Kier molecular flexibility index (Phi) is 2.33. The Balaban J connectivity index is 3.03. The van der Waals surface area contributed by atoms with E-state index in [9.17, 15) is 4.79 Å². The number of allylic oxidation sites excluding steroid dienone is 2. The molecule has 0 aliphatic carbocycles. The van der Waals surface area contributed by atoms with Gasteiger partial charge in [0.15, 0.2) is 0 Å². The summed E-state index contributed by atoms with van der Waals surface area (Å²) in [6.45, 7) is 8.62. The van der Waals surface area contributed by atoms with Gasteiger partial charge in [-0.3, -0.25) is 4.79 Å². The van der Waals surface area contributed by atoms with Gasteiger partial charge in [-0.15, -0.1) is 0 Å². The molecule has 1 N–H and O–H groups in total. The summed E-state index contributed by atoms with van der Waals surface area (Å²) < 4.78 is 0. The molecular weight excluding hydrogens is 162 g/mol. The molecule has 1 heterocycles. The molecule has 2 nitrogen and oxygen atoms in total. The van der Waals surface area contributed by atoms with Gasteiger partial charge in [0.1, 0.15) is 0 Å². The minimum absolute atomic E-state index is 0.0516. The second-order valence-corrected chi connectivity index (χ2v) is 4.71. The lowest BCUT2D eigenvalue weighted by atomic mass is 9.68. The number of hydrogen-bond donors (Lipinski definition) is 1. The molecule has 0 saturated heterocycles. The quantitative estimate of drug-likeness (QED) is 0.607. The van der Waals surface area contributed by atoms with Gasteiger partial charge in [-0.1, -0.05) is 39.8 Å². The zero-order valence-corrected chi connectivity index (χ0v) is 8.72. The number of carbonyl (C=O) groups is 1. The second-order valence-electron chi connectivity index (χ2n) is 4.71. The summed E-state index contributed by atoms with van der Waals surface area (Å²) >= 11 is 0. The van der Waals surface area contributed by atoms with Crippen LogP contribution in [0.5, 0.6) is 0 Å². The van der Waals surface area contributed by atoms with E-state index in [0.717, 1.165) is 0 Å². The summed E-state index contributed by atoms with van der Waals surface area (Å²) in [5, 5.41) is 2.67. The van der Waals surface area contributed by atoms with E-state index in [4.69, 9.17) is 0 Å². The molecule has 1 amide bonds. The molecule has 1 atom stereocenters. The van der Waals surface area contributed by atoms with Crippen molar-refractivity contribution in [3.05, 3.63) is 24.4 Å². The number of rotatable bonds is 0. The fourth-order valence-corrected chi connectivity index (χ4v) is 1.15. The summed E-state index contributed by atoms with van der Waals surface area (Å²) in [4.78, 5) is 11.0. The van der Waals surface area contributed by atoms with Crippen LogP contribution in [0.1, 0.15) is 27.7 Å². The van der Waals surface area contributed by atoms with Crippen LogP contribution in [0, 0.1) is 10.8 Å². The lowest BCUT2D eigenvalue weighted by Gasteiger charge is -2.36. The Morgan fingerprint density at radius 1 is 1.31 bits per heavy atom. The molecule has 0 bridgehead atoms. The van der Waals surface area contributed by atoms with Crippen molar-refractivity contribution in [2.75, 3.05) is 0 Å². The average Bonchev–Trinajstić information content (AvgIpc) is 2.13. The lowest BCUT2D eigenvalue weighted by molar-refractivity contribution is -0.115. The summed E-state index contributed by atoms with van der Waals surface area (Å²) in [5.41, 5.74) is 0.0540. The van der Waals surface area contributed by atoms with E-state index in [1.807, 2.05) is 12.2 Å². The van der Waals surface area contributed by atoms with E-state index in [0.29, 0.717) is 0 Å². The first kappa shape index (κ1) is 10.0. The highest BCUT2D eigenvalue weighted by Gasteiger charge is 2.33. The summed E-state index contributed by atoms with van der Waals surface area (Å²) in [5.74, 6) is -0.0516. The first-order valence-electron chi connectivity index (χ1n) is 4.53. The van der Waals surface area contributed by atoms with Gasteiger partial charge in [-0.05, 0) is 5.41 Å². The fourth-order valence-electron chi connectivity index (χ4n) is 1.15. The average molecular weight is 179 g/mol. The zero-order chi connectivity index (χ0) is 10.1. The molecular formula is C11H17NO. The van der Waals surface area contributed by atoms with Crippen molar-refractivity contribution in [3.63, 3.8) is 0 Å². The highest BCUT2D eigenvalue weighted by atomic mass is 16.1. The van der Waals surface area contributed by atoms with Crippen molar-refractivity contribution in [2.24, 2.45) is 10.8 Å². The van der Waals surface area contributed by atoms with Crippen molar-refractivity contribution < 1.29 is 4.79 Å². The van der Waals surface area contributed by atoms with Crippen molar-refractivity contribution in [1.29, 1.82) is 0 Å². The molecule has 1 aliphatic rings. The van der Waals surface area contributed by atoms with E-state index in [-0.39, 0.29) is 16.7 Å². The van der Waals surface area contributed by atoms with E-state index in [2.05, 4.69) is 33.0 Å². The van der Waals surface area contributed by atoms with Gasteiger partial charge in [0.05, 0.1) is 0 Å². The Morgan fingerprint density at radius 2 is 1.92 bits per heavy atom. The Bertz CT molecular complexity index is 270. The van der Waals surface area contributed by atoms with Crippen LogP contribution in [-0.4, -0.2) is 5.91 Å². The van der Waals surface area contributed by atoms with E-state index in [1.165, 1.54) is 0 Å². The van der Waals surface area contributed by atoms with Crippen LogP contribution < -0.4 is 5.32 Å². The number of nitrogens with one attached hydrogen (secondary N) is 1. The number of hydrogen-bond acceptors (Lipinski definition) is 1. The van der Waals surface area contributed by atoms with E-state index in [1.54, 1.807) is 12.3 Å². The standard InChI is InChI=1S/C11H17NO/c1-10(2,3)11(4)6-5-9(13)12-8-7-11/h5-8H,1-4H3,(H,12,13). The van der Waals surface area contributed by atoms with Crippen molar-refractivity contribution in [2.45, 2.75) is 27.7 Å². The van der Waals surface area contributed by atoms with Gasteiger partial charge < -0.3 is 5.32 Å². The van der Waals surface area contributed by atoms with Gasteiger partial charge in [-0.2, -0.15) is 0 Å². The molecule has 1 rings (SSSR count). The van der Waals surface area contributed by atoms with Crippen LogP contribution in [0.4, 0.5) is 0 Å². The van der Waals surface area contributed by atoms with Crippen LogP contribution in [-0.2, 0) is 4.79 Å². The highest BCUT2D eigenvalue weighted by Crippen LogP contribution is 2.41. The van der Waals surface area contributed by atoms with Crippen LogP contribution in [0.3, 0.4) is 0 Å². The molecule has 72 valence electrons. The molecule has 0 saturated carbocycles. The Morgan fingerprint density at radius 3 is 2.46 bits per heavy atom. The largest absolute Gasteiger partial charge is 0.329 e. The summed E-state index contributed by atoms with van der Waals surface area (Å²) in [6, 6.07) is 0. The third-order valence-electron chi connectivity index (χ3n) is 2.85.